The number of aryl methyl sites for hydroxylation is 2. The Kier molecular flexibility index (Phi) is 9.11. The largest absolute Gasteiger partial charge is 0.355 e. The molecule has 2 nitrogen and oxygen atoms in total. The maximum Gasteiger partial charge on any atom is 0.197 e. The minimum Gasteiger partial charge on any atom is -0.355 e. The molecule has 9 aromatic carbocycles. The van der Waals surface area contributed by atoms with Crippen LogP contribution in [0.3, 0.4) is 0 Å². The van der Waals surface area contributed by atoms with Gasteiger partial charge in [0, 0.05) is 55.6 Å². The second-order valence-electron chi connectivity index (χ2n) is 22.4. The Labute approximate surface area is 408 Å². The van der Waals surface area contributed by atoms with Gasteiger partial charge in [-0.05, 0) is 146 Å². The smallest absolute Gasteiger partial charge is 0.197 e. The van der Waals surface area contributed by atoms with Gasteiger partial charge in [-0.2, -0.15) is 0 Å². The molecular formula is C66H58BN2. The Morgan fingerprint density at radius 3 is 1.84 bits per heavy atom. The van der Waals surface area contributed by atoms with E-state index < -0.39 is 0 Å². The van der Waals surface area contributed by atoms with E-state index in [0.29, 0.717) is 0 Å². The predicted molar refractivity (Wildman–Crippen MR) is 295 cm³/mol. The molecule has 0 spiro atoms. The van der Waals surface area contributed by atoms with Gasteiger partial charge in [0.25, 0.3) is 0 Å². The van der Waals surface area contributed by atoms with Gasteiger partial charge in [0.2, 0.25) is 0 Å². The van der Waals surface area contributed by atoms with Crippen LogP contribution in [0.2, 0.25) is 0 Å². The molecule has 1 N–H and O–H groups in total. The molecule has 0 bridgehead atoms. The van der Waals surface area contributed by atoms with Crippen molar-refractivity contribution in [3.8, 4) is 27.9 Å². The number of anilines is 2. The predicted octanol–water partition coefficient (Wildman–Crippen LogP) is 15.8. The van der Waals surface area contributed by atoms with E-state index in [1.54, 1.807) is 0 Å². The zero-order chi connectivity index (χ0) is 47.1. The fraction of sp³-hybridized carbons (Fsp3) is 0.212. The standard InChI is InChI=1S/C66H58BN2/c1-39-23-27-44(28-24-39)68-57-38-53-47(48-36-54-55(37-52(48)66(53,7)8)65(5,6)32-31-64(54,3)4)34-49(57)50-35-51(59(42-18-11-9-12-19-42)43-20-13-10-14-21-43)60-46-29-26-41-17-15-16-22-45(41)62(46)69-58-30-25-40(2)33-56(58)67-61(50)63(60)69/h9-30,33-38,59,68H,31-32H2,1-8H3. The molecule has 2 aliphatic carbocycles. The van der Waals surface area contributed by atoms with Crippen molar-refractivity contribution in [1.29, 1.82) is 0 Å². The summed E-state index contributed by atoms with van der Waals surface area (Å²) in [5.41, 5.74) is 25.8. The summed E-state index contributed by atoms with van der Waals surface area (Å²) in [6, 6.07) is 64.9. The third kappa shape index (κ3) is 6.32. The van der Waals surface area contributed by atoms with Gasteiger partial charge < -0.3 is 9.88 Å². The van der Waals surface area contributed by atoms with Gasteiger partial charge in [0.1, 0.15) is 0 Å². The van der Waals surface area contributed by atoms with E-state index in [9.17, 15) is 0 Å². The van der Waals surface area contributed by atoms with Crippen LogP contribution in [0.4, 0.5) is 11.4 Å². The van der Waals surface area contributed by atoms with Crippen molar-refractivity contribution in [1.82, 2.24) is 4.57 Å². The molecule has 3 heteroatoms. The van der Waals surface area contributed by atoms with Crippen molar-refractivity contribution in [3.05, 3.63) is 220 Å². The molecule has 1 radical (unpaired) electrons. The van der Waals surface area contributed by atoms with Gasteiger partial charge in [0.15, 0.2) is 7.28 Å². The summed E-state index contributed by atoms with van der Waals surface area (Å²) < 4.78 is 2.63. The van der Waals surface area contributed by atoms with Crippen LogP contribution in [0.25, 0.3) is 60.5 Å². The number of fused-ring (bicyclic) bond motifs is 11. The Hall–Kier alpha value is -7.10. The number of nitrogens with one attached hydrogen (secondary N) is 1. The van der Waals surface area contributed by atoms with Gasteiger partial charge in [-0.25, -0.2) is 0 Å². The Balaban J connectivity index is 1.20. The number of benzene rings is 9. The lowest BCUT2D eigenvalue weighted by Gasteiger charge is -2.42. The van der Waals surface area contributed by atoms with Crippen molar-refractivity contribution < 1.29 is 0 Å². The molecule has 10 aromatic rings. The van der Waals surface area contributed by atoms with E-state index in [1.807, 2.05) is 0 Å². The SMILES string of the molecule is Cc1ccc(Nc2cc3c(cc2-c2cc(C(c4ccccc4)c4ccccc4)c4c5ccc6ccccc6c5n5c4c2[B]c2cc(C)ccc2-5)-c2cc4c(cc2C3(C)C)C(C)(C)CCC4(C)C)cc1. The van der Waals surface area contributed by atoms with Crippen LogP contribution in [0, 0.1) is 13.8 Å². The molecule has 0 saturated carbocycles. The van der Waals surface area contributed by atoms with Crippen LogP contribution in [0.1, 0.15) is 110 Å². The molecule has 13 rings (SSSR count). The lowest BCUT2D eigenvalue weighted by molar-refractivity contribution is 0.331. The zero-order valence-electron chi connectivity index (χ0n) is 41.2. The summed E-state index contributed by atoms with van der Waals surface area (Å²) in [7, 11) is 2.51. The number of nitrogens with zero attached hydrogens (tertiary/aromatic N) is 1. The lowest BCUT2D eigenvalue weighted by Crippen LogP contribution is -2.37. The molecule has 1 aromatic heterocycles. The molecule has 0 atom stereocenters. The third-order valence-electron chi connectivity index (χ3n) is 16.7. The molecule has 3 aliphatic rings. The van der Waals surface area contributed by atoms with Crippen molar-refractivity contribution in [2.75, 3.05) is 5.32 Å². The van der Waals surface area contributed by atoms with Gasteiger partial charge >= 0.3 is 0 Å². The minimum absolute atomic E-state index is 0.0372. The Morgan fingerprint density at radius 1 is 0.507 bits per heavy atom. The molecule has 69 heavy (non-hydrogen) atoms. The highest BCUT2D eigenvalue weighted by Gasteiger charge is 2.43. The van der Waals surface area contributed by atoms with E-state index in [2.05, 4.69) is 242 Å². The first-order chi connectivity index (χ1) is 33.3. The number of hydrogen-bond donors (Lipinski definition) is 1. The molecule has 1 aliphatic heterocycles. The van der Waals surface area contributed by atoms with Crippen LogP contribution in [0.5, 0.6) is 0 Å². The normalized spacial score (nSPS) is 15.7. The number of rotatable bonds is 6. The first kappa shape index (κ1) is 42.0. The van der Waals surface area contributed by atoms with Gasteiger partial charge in [-0.15, -0.1) is 0 Å². The van der Waals surface area contributed by atoms with Crippen LogP contribution < -0.4 is 16.2 Å². The maximum absolute atomic E-state index is 4.08. The van der Waals surface area contributed by atoms with E-state index in [1.165, 1.54) is 134 Å². The highest BCUT2D eigenvalue weighted by atomic mass is 15.0. The van der Waals surface area contributed by atoms with Gasteiger partial charge in [-0.3, -0.25) is 0 Å². The second-order valence-corrected chi connectivity index (χ2v) is 22.4. The summed E-state index contributed by atoms with van der Waals surface area (Å²) in [5.74, 6) is -0.0372. The molecule has 0 amide bonds. The summed E-state index contributed by atoms with van der Waals surface area (Å²) >= 11 is 0. The molecule has 0 fully saturated rings. The van der Waals surface area contributed by atoms with Crippen LogP contribution in [-0.4, -0.2) is 11.8 Å². The van der Waals surface area contributed by atoms with E-state index in [4.69, 9.17) is 0 Å². The summed E-state index contributed by atoms with van der Waals surface area (Å²) in [5, 5.41) is 9.18. The number of aromatic nitrogens is 1. The molecule has 0 unspecified atom stereocenters. The quantitative estimate of drug-likeness (QED) is 0.130. The maximum atomic E-state index is 4.08. The lowest BCUT2D eigenvalue weighted by atomic mass is 9.58. The molecule has 2 heterocycles. The first-order valence-electron chi connectivity index (χ1n) is 25.1. The summed E-state index contributed by atoms with van der Waals surface area (Å²) in [6.45, 7) is 19.1. The van der Waals surface area contributed by atoms with Crippen LogP contribution >= 0.6 is 0 Å². The van der Waals surface area contributed by atoms with Crippen molar-refractivity contribution in [2.45, 2.75) is 90.4 Å². The fourth-order valence-electron chi connectivity index (χ4n) is 12.8. The average molecular weight is 890 g/mol. The van der Waals surface area contributed by atoms with Crippen molar-refractivity contribution >= 4 is 62.2 Å². The van der Waals surface area contributed by atoms with Crippen molar-refractivity contribution in [2.24, 2.45) is 0 Å². The Morgan fingerprint density at radius 2 is 1.13 bits per heavy atom. The van der Waals surface area contributed by atoms with E-state index in [0.717, 1.165) is 11.4 Å². The third-order valence-corrected chi connectivity index (χ3v) is 16.7. The summed E-state index contributed by atoms with van der Waals surface area (Å²) in [6.07, 6.45) is 2.38. The van der Waals surface area contributed by atoms with Gasteiger partial charge in [0.05, 0.1) is 5.52 Å². The van der Waals surface area contributed by atoms with Crippen LogP contribution in [0.15, 0.2) is 170 Å². The zero-order valence-corrected chi connectivity index (χ0v) is 41.2. The highest BCUT2D eigenvalue weighted by Crippen LogP contribution is 2.57. The highest BCUT2D eigenvalue weighted by molar-refractivity contribution is 6.73. The topological polar surface area (TPSA) is 17.0 Å². The first-order valence-corrected chi connectivity index (χ1v) is 25.1. The van der Waals surface area contributed by atoms with E-state index >= 15 is 0 Å². The van der Waals surface area contributed by atoms with E-state index in [-0.39, 0.29) is 22.2 Å². The van der Waals surface area contributed by atoms with Gasteiger partial charge in [-0.1, -0.05) is 186 Å². The molecule has 0 saturated heterocycles. The molecule has 335 valence electrons. The van der Waals surface area contributed by atoms with Crippen LogP contribution in [-0.2, 0) is 16.2 Å². The minimum atomic E-state index is -0.204. The second kappa shape index (κ2) is 15.0. The number of hydrogen-bond acceptors (Lipinski definition) is 1. The average Bonchev–Trinajstić information content (AvgIpc) is 3.81. The van der Waals surface area contributed by atoms with Crippen molar-refractivity contribution in [3.63, 3.8) is 0 Å². The summed E-state index contributed by atoms with van der Waals surface area (Å²) in [4.78, 5) is 0. The Bertz CT molecular complexity index is 3720. The monoisotopic (exact) mass is 889 g/mol. The molecular weight excluding hydrogens is 832 g/mol. The fourth-order valence-corrected chi connectivity index (χ4v) is 12.8.